The Hall–Kier alpha value is -2.38. The number of allylic oxidation sites excluding steroid dienone is 1. The maximum atomic E-state index is 4.31. The smallest absolute Gasteiger partial charge is 0.0175 e. The molecule has 0 saturated carbocycles. The van der Waals surface area contributed by atoms with Crippen molar-refractivity contribution in [3.05, 3.63) is 93.3 Å². The van der Waals surface area contributed by atoms with Gasteiger partial charge in [-0.2, -0.15) is 0 Å². The second-order valence-corrected chi connectivity index (χ2v) is 6.77. The summed E-state index contributed by atoms with van der Waals surface area (Å²) in [6.07, 6.45) is 4.05. The first kappa shape index (κ1) is 16.5. The van der Waals surface area contributed by atoms with Gasteiger partial charge in [-0.15, -0.1) is 0 Å². The molecule has 0 spiro atoms. The van der Waals surface area contributed by atoms with Crippen LogP contribution in [-0.4, -0.2) is 0 Å². The van der Waals surface area contributed by atoms with E-state index in [4.69, 9.17) is 0 Å². The lowest BCUT2D eigenvalue weighted by Crippen LogP contribution is -2.28. The standard InChI is InChI=1S/C23H19Br/c1-5-20-16(3)17(4)23(22-9-7-6-8-21(20)22)14-15(2)18-10-12-19(24)13-11-18/h5-14H,1-2,4H2,3H3/b23-14+. The molecule has 0 atom stereocenters. The molecule has 0 unspecified atom stereocenters. The zero-order valence-electron chi connectivity index (χ0n) is 13.8. The maximum absolute atomic E-state index is 4.31. The number of halogens is 1. The molecule has 0 saturated heterocycles. The fourth-order valence-corrected chi connectivity index (χ4v) is 3.30. The Morgan fingerprint density at radius 2 is 1.62 bits per heavy atom. The lowest BCUT2D eigenvalue weighted by molar-refractivity contribution is 1.39. The Balaban J connectivity index is 2.32. The summed E-state index contributed by atoms with van der Waals surface area (Å²) in [5.41, 5.74) is 4.40. The van der Waals surface area contributed by atoms with Gasteiger partial charge in [-0.3, -0.25) is 0 Å². The normalized spacial score (nSPS) is 11.7. The SMILES string of the molecule is C=Cc1c(C)c(=C)/c(=C\C(=C)c2ccc(Br)cc2)c2ccccc12. The van der Waals surface area contributed by atoms with Crippen LogP contribution in [0, 0.1) is 6.92 Å². The average molecular weight is 375 g/mol. The Bertz CT molecular complexity index is 1050. The Morgan fingerprint density at radius 3 is 2.25 bits per heavy atom. The highest BCUT2D eigenvalue weighted by Gasteiger charge is 2.06. The fourth-order valence-electron chi connectivity index (χ4n) is 3.03. The van der Waals surface area contributed by atoms with E-state index in [0.29, 0.717) is 0 Å². The van der Waals surface area contributed by atoms with Crippen LogP contribution < -0.4 is 10.4 Å². The molecule has 0 fully saturated rings. The number of fused-ring (bicyclic) bond motifs is 1. The molecular formula is C23H19Br. The van der Waals surface area contributed by atoms with Crippen LogP contribution >= 0.6 is 15.9 Å². The summed E-state index contributed by atoms with van der Waals surface area (Å²) < 4.78 is 1.06. The Kier molecular flexibility index (Phi) is 4.55. The van der Waals surface area contributed by atoms with Gasteiger partial charge < -0.3 is 0 Å². The number of hydrogen-bond donors (Lipinski definition) is 0. The average Bonchev–Trinajstić information content (AvgIpc) is 2.60. The van der Waals surface area contributed by atoms with Crippen molar-refractivity contribution in [1.29, 1.82) is 0 Å². The summed E-state index contributed by atoms with van der Waals surface area (Å²) in [6, 6.07) is 16.6. The van der Waals surface area contributed by atoms with Gasteiger partial charge in [0.05, 0.1) is 0 Å². The summed E-state index contributed by atoms with van der Waals surface area (Å²) in [4.78, 5) is 0. The van der Waals surface area contributed by atoms with Gasteiger partial charge in [-0.05, 0) is 68.6 Å². The molecule has 118 valence electrons. The van der Waals surface area contributed by atoms with Crippen molar-refractivity contribution < 1.29 is 0 Å². The third kappa shape index (κ3) is 2.88. The highest BCUT2D eigenvalue weighted by Crippen LogP contribution is 2.20. The minimum Gasteiger partial charge on any atom is -0.0984 e. The van der Waals surface area contributed by atoms with E-state index in [2.05, 4.69) is 85.1 Å². The number of rotatable bonds is 3. The second kappa shape index (κ2) is 6.62. The van der Waals surface area contributed by atoms with Crippen LogP contribution in [0.2, 0.25) is 0 Å². The van der Waals surface area contributed by atoms with Gasteiger partial charge in [0.15, 0.2) is 0 Å². The predicted molar refractivity (Wildman–Crippen MR) is 111 cm³/mol. The molecule has 0 aliphatic carbocycles. The van der Waals surface area contributed by atoms with Crippen LogP contribution in [0.25, 0.3) is 35.1 Å². The molecule has 0 aliphatic rings. The van der Waals surface area contributed by atoms with Crippen molar-refractivity contribution in [2.75, 3.05) is 0 Å². The molecule has 3 rings (SSSR count). The Morgan fingerprint density at radius 1 is 1.00 bits per heavy atom. The maximum Gasteiger partial charge on any atom is 0.0175 e. The van der Waals surface area contributed by atoms with Crippen LogP contribution in [0.15, 0.2) is 66.2 Å². The Labute approximate surface area is 151 Å². The number of hydrogen-bond acceptors (Lipinski definition) is 0. The lowest BCUT2D eigenvalue weighted by Gasteiger charge is -2.10. The summed E-state index contributed by atoms with van der Waals surface area (Å²) in [6.45, 7) is 14.6. The van der Waals surface area contributed by atoms with Crippen LogP contribution in [0.4, 0.5) is 0 Å². The van der Waals surface area contributed by atoms with Crippen molar-refractivity contribution in [3.63, 3.8) is 0 Å². The molecule has 0 radical (unpaired) electrons. The third-order valence-corrected chi connectivity index (χ3v) is 4.96. The summed E-state index contributed by atoms with van der Waals surface area (Å²) >= 11 is 3.47. The van der Waals surface area contributed by atoms with E-state index in [-0.39, 0.29) is 0 Å². The fraction of sp³-hybridized carbons (Fsp3) is 0.0435. The van der Waals surface area contributed by atoms with E-state index in [1.807, 2.05) is 18.2 Å². The molecule has 3 aromatic carbocycles. The first-order valence-corrected chi connectivity index (χ1v) is 8.61. The summed E-state index contributed by atoms with van der Waals surface area (Å²) in [5.74, 6) is 0. The van der Waals surface area contributed by atoms with Gasteiger partial charge in [-0.1, -0.05) is 78.1 Å². The van der Waals surface area contributed by atoms with Crippen LogP contribution in [-0.2, 0) is 0 Å². The second-order valence-electron chi connectivity index (χ2n) is 5.86. The van der Waals surface area contributed by atoms with Gasteiger partial charge in [-0.25, -0.2) is 0 Å². The summed E-state index contributed by atoms with van der Waals surface area (Å²) in [7, 11) is 0. The van der Waals surface area contributed by atoms with Gasteiger partial charge in [0, 0.05) is 4.47 Å². The molecule has 0 nitrogen and oxygen atoms in total. The zero-order chi connectivity index (χ0) is 17.3. The van der Waals surface area contributed by atoms with Crippen molar-refractivity contribution in [2.24, 2.45) is 0 Å². The molecule has 24 heavy (non-hydrogen) atoms. The van der Waals surface area contributed by atoms with Gasteiger partial charge in [0.1, 0.15) is 0 Å². The predicted octanol–water partition coefficient (Wildman–Crippen LogP) is 5.46. The molecule has 0 aromatic heterocycles. The van der Waals surface area contributed by atoms with Crippen molar-refractivity contribution in [1.82, 2.24) is 0 Å². The molecule has 0 N–H and O–H groups in total. The van der Waals surface area contributed by atoms with E-state index in [9.17, 15) is 0 Å². The van der Waals surface area contributed by atoms with Crippen LogP contribution in [0.3, 0.4) is 0 Å². The minimum atomic E-state index is 0.975. The highest BCUT2D eigenvalue weighted by molar-refractivity contribution is 9.10. The van der Waals surface area contributed by atoms with Crippen molar-refractivity contribution >= 4 is 51.0 Å². The van der Waals surface area contributed by atoms with E-state index in [0.717, 1.165) is 31.6 Å². The first-order valence-electron chi connectivity index (χ1n) is 7.82. The first-order chi connectivity index (χ1) is 11.5. The largest absolute Gasteiger partial charge is 0.0984 e. The highest BCUT2D eigenvalue weighted by atomic mass is 79.9. The van der Waals surface area contributed by atoms with E-state index in [1.165, 1.54) is 16.3 Å². The monoisotopic (exact) mass is 374 g/mol. The minimum absolute atomic E-state index is 0.975. The topological polar surface area (TPSA) is 0 Å². The molecule has 0 aliphatic heterocycles. The molecule has 0 bridgehead atoms. The molecule has 0 heterocycles. The molecule has 3 aromatic rings. The van der Waals surface area contributed by atoms with E-state index < -0.39 is 0 Å². The van der Waals surface area contributed by atoms with E-state index >= 15 is 0 Å². The van der Waals surface area contributed by atoms with Gasteiger partial charge >= 0.3 is 0 Å². The number of benzene rings is 3. The van der Waals surface area contributed by atoms with Crippen molar-refractivity contribution in [3.8, 4) is 0 Å². The third-order valence-electron chi connectivity index (χ3n) is 4.43. The van der Waals surface area contributed by atoms with Crippen LogP contribution in [0.1, 0.15) is 16.7 Å². The van der Waals surface area contributed by atoms with Gasteiger partial charge in [0.25, 0.3) is 0 Å². The van der Waals surface area contributed by atoms with Gasteiger partial charge in [0.2, 0.25) is 0 Å². The van der Waals surface area contributed by atoms with E-state index in [1.54, 1.807) is 0 Å². The van der Waals surface area contributed by atoms with Crippen molar-refractivity contribution in [2.45, 2.75) is 6.92 Å². The molecular weight excluding hydrogens is 356 g/mol. The van der Waals surface area contributed by atoms with Crippen LogP contribution in [0.5, 0.6) is 0 Å². The zero-order valence-corrected chi connectivity index (χ0v) is 15.4. The quantitative estimate of drug-likeness (QED) is 0.571. The molecule has 0 amide bonds. The lowest BCUT2D eigenvalue weighted by atomic mass is 9.94. The summed E-state index contributed by atoms with van der Waals surface area (Å²) in [5, 5.41) is 4.54. The molecule has 1 heteroatoms.